The number of aromatic nitrogens is 2. The maximum absolute atomic E-state index is 12.5. The van der Waals surface area contributed by atoms with Gasteiger partial charge in [-0.3, -0.25) is 4.79 Å². The maximum Gasteiger partial charge on any atom is 0.241 e. The van der Waals surface area contributed by atoms with E-state index in [0.29, 0.717) is 12.1 Å². The summed E-state index contributed by atoms with van der Waals surface area (Å²) in [7, 11) is -3.67. The zero-order valence-corrected chi connectivity index (χ0v) is 19.3. The van der Waals surface area contributed by atoms with E-state index in [1.165, 1.54) is 23.9 Å². The molecule has 0 aliphatic heterocycles. The Kier molecular flexibility index (Phi) is 7.42. The lowest BCUT2D eigenvalue weighted by atomic mass is 10.1. The molecule has 1 heterocycles. The minimum Gasteiger partial charge on any atom is -0.326 e. The van der Waals surface area contributed by atoms with E-state index in [4.69, 9.17) is 0 Å². The molecule has 7 nitrogen and oxygen atoms in total. The molecule has 0 aliphatic carbocycles. The highest BCUT2D eigenvalue weighted by Crippen LogP contribution is 2.19. The number of carbonyl (C=O) groups is 1. The summed E-state index contributed by atoms with van der Waals surface area (Å²) >= 11 is 1.48. The largest absolute Gasteiger partial charge is 0.326 e. The van der Waals surface area contributed by atoms with E-state index in [2.05, 4.69) is 20.0 Å². The molecule has 29 heavy (non-hydrogen) atoms. The summed E-state index contributed by atoms with van der Waals surface area (Å²) in [6.07, 6.45) is 2.69. The Bertz CT molecular complexity index is 976. The first kappa shape index (κ1) is 23.3. The SMILES string of the molecule is CSc1nc(C)c(CCC(=O)Nc2cccc(S(=O)(=O)NC(C)(C)C)c2)c(C)n1. The number of thioether (sulfide) groups is 1. The first-order chi connectivity index (χ1) is 13.4. The van der Waals surface area contributed by atoms with Gasteiger partial charge in [-0.2, -0.15) is 0 Å². The van der Waals surface area contributed by atoms with E-state index in [9.17, 15) is 13.2 Å². The van der Waals surface area contributed by atoms with Gasteiger partial charge in [0.25, 0.3) is 0 Å². The van der Waals surface area contributed by atoms with Crippen molar-refractivity contribution >= 4 is 33.4 Å². The van der Waals surface area contributed by atoms with Crippen molar-refractivity contribution in [3.05, 3.63) is 41.2 Å². The number of benzene rings is 1. The van der Waals surface area contributed by atoms with Crippen LogP contribution in [0.1, 0.15) is 44.1 Å². The monoisotopic (exact) mass is 436 g/mol. The molecular formula is C20H28N4O3S2. The van der Waals surface area contributed by atoms with Gasteiger partial charge in [-0.25, -0.2) is 23.1 Å². The van der Waals surface area contributed by atoms with E-state index in [1.807, 2.05) is 20.1 Å². The van der Waals surface area contributed by atoms with E-state index < -0.39 is 15.6 Å². The standard InChI is InChI=1S/C20H28N4O3S2/c1-13-17(14(2)22-19(21-13)28-6)10-11-18(25)23-15-8-7-9-16(12-15)29(26,27)24-20(3,4)5/h7-9,12,24H,10-11H2,1-6H3,(H,23,25). The highest BCUT2D eigenvalue weighted by atomic mass is 32.2. The van der Waals surface area contributed by atoms with Crippen LogP contribution in [0.4, 0.5) is 5.69 Å². The third-order valence-corrected chi connectivity index (χ3v) is 6.36. The van der Waals surface area contributed by atoms with Crippen molar-refractivity contribution in [2.24, 2.45) is 0 Å². The van der Waals surface area contributed by atoms with Crippen LogP contribution in [-0.4, -0.2) is 36.1 Å². The van der Waals surface area contributed by atoms with Crippen molar-refractivity contribution in [1.82, 2.24) is 14.7 Å². The number of sulfonamides is 1. The van der Waals surface area contributed by atoms with Crippen LogP contribution in [0.2, 0.25) is 0 Å². The minimum absolute atomic E-state index is 0.109. The van der Waals surface area contributed by atoms with Gasteiger partial charge in [0.15, 0.2) is 5.16 Å². The summed E-state index contributed by atoms with van der Waals surface area (Å²) < 4.78 is 27.6. The zero-order valence-electron chi connectivity index (χ0n) is 17.7. The molecule has 1 aromatic heterocycles. The van der Waals surface area contributed by atoms with Crippen molar-refractivity contribution in [2.75, 3.05) is 11.6 Å². The fourth-order valence-corrected chi connectivity index (χ4v) is 4.75. The maximum atomic E-state index is 12.5. The Morgan fingerprint density at radius 3 is 2.31 bits per heavy atom. The first-order valence-corrected chi connectivity index (χ1v) is 11.9. The number of nitrogens with zero attached hydrogens (tertiary/aromatic N) is 2. The lowest BCUT2D eigenvalue weighted by Crippen LogP contribution is -2.40. The highest BCUT2D eigenvalue weighted by molar-refractivity contribution is 7.98. The Hall–Kier alpha value is -1.97. The third-order valence-electron chi connectivity index (χ3n) is 4.05. The second kappa shape index (κ2) is 9.23. The van der Waals surface area contributed by atoms with Gasteiger partial charge in [-0.1, -0.05) is 17.8 Å². The molecule has 0 saturated carbocycles. The Morgan fingerprint density at radius 2 is 1.76 bits per heavy atom. The fraction of sp³-hybridized carbons (Fsp3) is 0.450. The summed E-state index contributed by atoms with van der Waals surface area (Å²) in [6.45, 7) is 9.15. The van der Waals surface area contributed by atoms with Crippen LogP contribution in [0.5, 0.6) is 0 Å². The molecular weight excluding hydrogens is 408 g/mol. The Morgan fingerprint density at radius 1 is 1.14 bits per heavy atom. The van der Waals surface area contributed by atoms with Gasteiger partial charge in [0.05, 0.1) is 4.90 Å². The number of hydrogen-bond acceptors (Lipinski definition) is 6. The lowest BCUT2D eigenvalue weighted by molar-refractivity contribution is -0.116. The van der Waals surface area contributed by atoms with Crippen LogP contribution in [0.15, 0.2) is 34.3 Å². The van der Waals surface area contributed by atoms with Gasteiger partial charge in [0, 0.05) is 29.0 Å². The number of carbonyl (C=O) groups excluding carboxylic acids is 1. The van der Waals surface area contributed by atoms with Crippen molar-refractivity contribution in [3.63, 3.8) is 0 Å². The van der Waals surface area contributed by atoms with Crippen molar-refractivity contribution in [2.45, 2.75) is 63.1 Å². The average Bonchev–Trinajstić information content (AvgIpc) is 2.59. The molecule has 0 fully saturated rings. The van der Waals surface area contributed by atoms with Crippen molar-refractivity contribution < 1.29 is 13.2 Å². The summed E-state index contributed by atoms with van der Waals surface area (Å²) in [4.78, 5) is 21.4. The molecule has 0 spiro atoms. The molecule has 2 N–H and O–H groups in total. The molecule has 0 saturated heterocycles. The molecule has 0 aliphatic rings. The van der Waals surface area contributed by atoms with Crippen molar-refractivity contribution in [3.8, 4) is 0 Å². The Labute approximate surface area is 177 Å². The number of aryl methyl sites for hydroxylation is 2. The van der Waals surface area contributed by atoms with Crippen LogP contribution < -0.4 is 10.0 Å². The number of hydrogen-bond donors (Lipinski definition) is 2. The highest BCUT2D eigenvalue weighted by Gasteiger charge is 2.22. The molecule has 2 aromatic rings. The number of nitrogens with one attached hydrogen (secondary N) is 2. The number of anilines is 1. The summed E-state index contributed by atoms with van der Waals surface area (Å²) in [6, 6.07) is 6.23. The summed E-state index contributed by atoms with van der Waals surface area (Å²) in [5.41, 5.74) is 2.55. The van der Waals surface area contributed by atoms with E-state index in [-0.39, 0.29) is 17.2 Å². The molecule has 1 aromatic carbocycles. The number of amides is 1. The normalized spacial score (nSPS) is 12.1. The van der Waals surface area contributed by atoms with E-state index >= 15 is 0 Å². The molecule has 9 heteroatoms. The van der Waals surface area contributed by atoms with Crippen LogP contribution in [0.3, 0.4) is 0 Å². The van der Waals surface area contributed by atoms with Crippen LogP contribution in [-0.2, 0) is 21.2 Å². The van der Waals surface area contributed by atoms with Gasteiger partial charge < -0.3 is 5.32 Å². The second-order valence-electron chi connectivity index (χ2n) is 7.79. The molecule has 2 rings (SSSR count). The quantitative estimate of drug-likeness (QED) is 0.509. The molecule has 0 bridgehead atoms. The second-order valence-corrected chi connectivity index (χ2v) is 10.2. The molecule has 0 radical (unpaired) electrons. The first-order valence-electron chi connectivity index (χ1n) is 9.23. The lowest BCUT2D eigenvalue weighted by Gasteiger charge is -2.20. The van der Waals surface area contributed by atoms with Crippen molar-refractivity contribution in [1.29, 1.82) is 0 Å². The summed E-state index contributed by atoms with van der Waals surface area (Å²) in [5, 5.41) is 3.49. The molecule has 0 atom stereocenters. The van der Waals surface area contributed by atoms with Gasteiger partial charge in [-0.05, 0) is 71.1 Å². The van der Waals surface area contributed by atoms with Crippen LogP contribution in [0.25, 0.3) is 0 Å². The van der Waals surface area contributed by atoms with Crippen LogP contribution in [0, 0.1) is 13.8 Å². The topological polar surface area (TPSA) is 101 Å². The van der Waals surface area contributed by atoms with E-state index in [1.54, 1.807) is 32.9 Å². The van der Waals surface area contributed by atoms with Gasteiger partial charge >= 0.3 is 0 Å². The minimum atomic E-state index is -3.67. The average molecular weight is 437 g/mol. The Balaban J connectivity index is 2.07. The van der Waals surface area contributed by atoms with Gasteiger partial charge in [0.2, 0.25) is 15.9 Å². The smallest absolute Gasteiger partial charge is 0.241 e. The molecule has 0 unspecified atom stereocenters. The van der Waals surface area contributed by atoms with Gasteiger partial charge in [-0.15, -0.1) is 0 Å². The third kappa shape index (κ3) is 6.80. The molecule has 1 amide bonds. The predicted octanol–water partition coefficient (Wildman–Crippen LogP) is 3.46. The van der Waals surface area contributed by atoms with Crippen LogP contribution >= 0.6 is 11.8 Å². The van der Waals surface area contributed by atoms with Gasteiger partial charge in [0.1, 0.15) is 0 Å². The summed E-state index contributed by atoms with van der Waals surface area (Å²) in [5.74, 6) is -0.198. The fourth-order valence-electron chi connectivity index (χ4n) is 2.83. The predicted molar refractivity (Wildman–Crippen MR) is 117 cm³/mol. The zero-order chi connectivity index (χ0) is 21.8. The number of rotatable bonds is 7. The molecule has 158 valence electrons. The van der Waals surface area contributed by atoms with E-state index in [0.717, 1.165) is 22.1 Å².